The Hall–Kier alpha value is -1.04. The Labute approximate surface area is 97.8 Å². The number of nitrogens with zero attached hydrogens (tertiary/aromatic N) is 2. The van der Waals surface area contributed by atoms with Gasteiger partial charge in [0.2, 0.25) is 5.89 Å². The Bertz CT molecular complexity index is 401. The molecule has 4 nitrogen and oxygen atoms in total. The molecule has 1 aliphatic carbocycles. The van der Waals surface area contributed by atoms with Crippen molar-refractivity contribution in [2.24, 2.45) is 0 Å². The zero-order valence-electron chi connectivity index (χ0n) is 9.46. The third-order valence-corrected chi connectivity index (χ3v) is 3.59. The van der Waals surface area contributed by atoms with Gasteiger partial charge in [-0.3, -0.25) is 5.32 Å². The third-order valence-electron chi connectivity index (χ3n) is 3.59. The molecular weight excluding hydrogens is 228 g/mol. The van der Waals surface area contributed by atoms with Gasteiger partial charge in [-0.1, -0.05) is 18.0 Å². The molecule has 1 aromatic rings. The first-order valence-electron chi connectivity index (χ1n) is 6.09. The SMILES string of the molecule is FC1(F)CNC(c2nc(C3CCCC3)no2)C1. The monoisotopic (exact) mass is 243 g/mol. The molecule has 0 spiro atoms. The fraction of sp³-hybridized carbons (Fsp3) is 0.818. The van der Waals surface area contributed by atoms with Gasteiger partial charge in [0.25, 0.3) is 5.92 Å². The van der Waals surface area contributed by atoms with Crippen LogP contribution in [0.25, 0.3) is 0 Å². The van der Waals surface area contributed by atoms with E-state index in [2.05, 4.69) is 15.5 Å². The molecule has 2 aliphatic rings. The fourth-order valence-electron chi connectivity index (χ4n) is 2.63. The summed E-state index contributed by atoms with van der Waals surface area (Å²) in [6, 6.07) is -0.493. The summed E-state index contributed by atoms with van der Waals surface area (Å²) >= 11 is 0. The zero-order chi connectivity index (χ0) is 11.9. The van der Waals surface area contributed by atoms with Crippen LogP contribution >= 0.6 is 0 Å². The van der Waals surface area contributed by atoms with E-state index in [9.17, 15) is 8.78 Å². The van der Waals surface area contributed by atoms with E-state index in [1.54, 1.807) is 0 Å². The lowest BCUT2D eigenvalue weighted by Gasteiger charge is -2.04. The third kappa shape index (κ3) is 2.18. The molecule has 2 fully saturated rings. The van der Waals surface area contributed by atoms with Crippen LogP contribution in [0.2, 0.25) is 0 Å². The molecule has 0 amide bonds. The standard InChI is InChI=1S/C11H15F2N3O/c12-11(13)5-8(14-6-11)10-15-9(16-17-10)7-3-1-2-4-7/h7-8,14H,1-6H2. The molecular formula is C11H15F2N3O. The van der Waals surface area contributed by atoms with E-state index >= 15 is 0 Å². The minimum absolute atomic E-state index is 0.251. The van der Waals surface area contributed by atoms with Crippen LogP contribution in [-0.4, -0.2) is 22.6 Å². The number of hydrogen-bond acceptors (Lipinski definition) is 4. The summed E-state index contributed by atoms with van der Waals surface area (Å²) in [6.45, 7) is -0.307. The fourth-order valence-corrected chi connectivity index (χ4v) is 2.63. The molecule has 0 bridgehead atoms. The molecule has 2 heterocycles. The molecule has 1 unspecified atom stereocenters. The number of halogens is 2. The van der Waals surface area contributed by atoms with E-state index in [0.29, 0.717) is 17.6 Å². The second-order valence-electron chi connectivity index (χ2n) is 4.97. The lowest BCUT2D eigenvalue weighted by atomic mass is 10.1. The number of hydrogen-bond donors (Lipinski definition) is 1. The maximum Gasteiger partial charge on any atom is 0.262 e. The average Bonchev–Trinajstić information content (AvgIpc) is 2.93. The van der Waals surface area contributed by atoms with Crippen LogP contribution < -0.4 is 5.32 Å². The van der Waals surface area contributed by atoms with E-state index in [-0.39, 0.29) is 13.0 Å². The van der Waals surface area contributed by atoms with Crippen molar-refractivity contribution in [2.45, 2.75) is 50.0 Å². The highest BCUT2D eigenvalue weighted by Crippen LogP contribution is 2.36. The van der Waals surface area contributed by atoms with Gasteiger partial charge < -0.3 is 4.52 Å². The van der Waals surface area contributed by atoms with Gasteiger partial charge in [0.1, 0.15) is 0 Å². The van der Waals surface area contributed by atoms with Crippen LogP contribution in [0.4, 0.5) is 8.78 Å². The summed E-state index contributed by atoms with van der Waals surface area (Å²) in [4.78, 5) is 4.27. The van der Waals surface area contributed by atoms with Gasteiger partial charge in [-0.15, -0.1) is 0 Å². The van der Waals surface area contributed by atoms with Crippen LogP contribution in [0.15, 0.2) is 4.52 Å². The Morgan fingerprint density at radius 2 is 2.06 bits per heavy atom. The topological polar surface area (TPSA) is 51.0 Å². The summed E-state index contributed by atoms with van der Waals surface area (Å²) in [7, 11) is 0. The minimum atomic E-state index is -2.66. The minimum Gasteiger partial charge on any atom is -0.338 e. The van der Waals surface area contributed by atoms with Crippen molar-refractivity contribution < 1.29 is 13.3 Å². The molecule has 6 heteroatoms. The first-order valence-corrected chi connectivity index (χ1v) is 6.09. The van der Waals surface area contributed by atoms with Crippen molar-refractivity contribution in [1.82, 2.24) is 15.5 Å². The number of nitrogens with one attached hydrogen (secondary N) is 1. The van der Waals surface area contributed by atoms with Gasteiger partial charge in [0.15, 0.2) is 5.82 Å². The first kappa shape index (κ1) is 11.1. The Balaban J connectivity index is 1.72. The average molecular weight is 243 g/mol. The van der Waals surface area contributed by atoms with Gasteiger partial charge in [-0.2, -0.15) is 4.98 Å². The van der Waals surface area contributed by atoms with Gasteiger partial charge in [0.05, 0.1) is 12.6 Å². The van der Waals surface area contributed by atoms with Gasteiger partial charge >= 0.3 is 0 Å². The van der Waals surface area contributed by atoms with Crippen molar-refractivity contribution in [3.05, 3.63) is 11.7 Å². The van der Waals surface area contributed by atoms with Gasteiger partial charge in [0, 0.05) is 12.3 Å². The lowest BCUT2D eigenvalue weighted by molar-refractivity contribution is 0.0200. The zero-order valence-corrected chi connectivity index (χ0v) is 9.46. The Morgan fingerprint density at radius 1 is 1.29 bits per heavy atom. The summed E-state index contributed by atoms with van der Waals surface area (Å²) in [5.74, 6) is -1.31. The van der Waals surface area contributed by atoms with Gasteiger partial charge in [-0.25, -0.2) is 8.78 Å². The van der Waals surface area contributed by atoms with Crippen molar-refractivity contribution in [1.29, 1.82) is 0 Å². The van der Waals surface area contributed by atoms with Crippen LogP contribution in [-0.2, 0) is 0 Å². The van der Waals surface area contributed by atoms with E-state index in [0.717, 1.165) is 12.8 Å². The summed E-state index contributed by atoms with van der Waals surface area (Å²) in [5.41, 5.74) is 0. The van der Waals surface area contributed by atoms with E-state index in [1.807, 2.05) is 0 Å². The lowest BCUT2D eigenvalue weighted by Crippen LogP contribution is -2.19. The molecule has 1 aliphatic heterocycles. The molecule has 3 rings (SSSR count). The number of alkyl halides is 2. The molecule has 1 saturated carbocycles. The van der Waals surface area contributed by atoms with Gasteiger partial charge in [-0.05, 0) is 12.8 Å². The Kier molecular flexibility index (Phi) is 2.61. The van der Waals surface area contributed by atoms with E-state index in [4.69, 9.17) is 4.52 Å². The van der Waals surface area contributed by atoms with Crippen LogP contribution in [0.1, 0.15) is 55.8 Å². The molecule has 94 valence electrons. The summed E-state index contributed by atoms with van der Waals surface area (Å²) < 4.78 is 31.2. The maximum atomic E-state index is 13.0. The van der Waals surface area contributed by atoms with E-state index < -0.39 is 12.0 Å². The molecule has 1 saturated heterocycles. The van der Waals surface area contributed by atoms with Crippen molar-refractivity contribution in [3.63, 3.8) is 0 Å². The highest BCUT2D eigenvalue weighted by molar-refractivity contribution is 5.03. The summed E-state index contributed by atoms with van der Waals surface area (Å²) in [5, 5.41) is 6.64. The van der Waals surface area contributed by atoms with Crippen LogP contribution in [0.3, 0.4) is 0 Å². The predicted octanol–water partition coefficient (Wildman–Crippen LogP) is 2.40. The predicted molar refractivity (Wildman–Crippen MR) is 55.8 cm³/mol. The molecule has 1 aromatic heterocycles. The molecule has 1 N–H and O–H groups in total. The quantitative estimate of drug-likeness (QED) is 0.866. The molecule has 17 heavy (non-hydrogen) atoms. The van der Waals surface area contributed by atoms with Crippen molar-refractivity contribution in [2.75, 3.05) is 6.54 Å². The maximum absolute atomic E-state index is 13.0. The van der Waals surface area contributed by atoms with E-state index in [1.165, 1.54) is 12.8 Å². The second-order valence-corrected chi connectivity index (χ2v) is 4.97. The largest absolute Gasteiger partial charge is 0.338 e. The van der Waals surface area contributed by atoms with Crippen LogP contribution in [0, 0.1) is 0 Å². The van der Waals surface area contributed by atoms with Crippen molar-refractivity contribution in [3.8, 4) is 0 Å². The molecule has 0 radical (unpaired) electrons. The highest BCUT2D eigenvalue weighted by Gasteiger charge is 2.42. The normalized spacial score (nSPS) is 28.9. The summed E-state index contributed by atoms with van der Waals surface area (Å²) in [6.07, 6.45) is 4.28. The second kappa shape index (κ2) is 4.01. The molecule has 1 atom stereocenters. The smallest absolute Gasteiger partial charge is 0.262 e. The van der Waals surface area contributed by atoms with Crippen LogP contribution in [0.5, 0.6) is 0 Å². The Morgan fingerprint density at radius 3 is 2.71 bits per heavy atom. The highest BCUT2D eigenvalue weighted by atomic mass is 19.3. The van der Waals surface area contributed by atoms with Crippen molar-refractivity contribution >= 4 is 0 Å². The first-order chi connectivity index (χ1) is 8.14. The molecule has 0 aromatic carbocycles. The number of rotatable bonds is 2. The number of aromatic nitrogens is 2.